The number of H-pyrrole nitrogens is 2. The first kappa shape index (κ1) is 17.7. The molecule has 9 nitrogen and oxygen atoms in total. The number of aromatic amines is 2. The van der Waals surface area contributed by atoms with Gasteiger partial charge in [0, 0.05) is 22.9 Å². The summed E-state index contributed by atoms with van der Waals surface area (Å²) in [5.41, 5.74) is 3.34. The van der Waals surface area contributed by atoms with Crippen molar-refractivity contribution in [2.24, 2.45) is 4.99 Å². The van der Waals surface area contributed by atoms with Crippen LogP contribution in [0.3, 0.4) is 0 Å². The summed E-state index contributed by atoms with van der Waals surface area (Å²) in [7, 11) is 0. The molecule has 3 N–H and O–H groups in total. The van der Waals surface area contributed by atoms with Gasteiger partial charge in [-0.1, -0.05) is 12.1 Å². The Bertz CT molecular complexity index is 1650. The lowest BCUT2D eigenvalue weighted by molar-refractivity contribution is 0.454. The van der Waals surface area contributed by atoms with Gasteiger partial charge in [-0.2, -0.15) is 9.61 Å². The zero-order chi connectivity index (χ0) is 21.1. The number of imidazole rings is 1. The highest BCUT2D eigenvalue weighted by Gasteiger charge is 2.20. The Morgan fingerprint density at radius 2 is 2.10 bits per heavy atom. The van der Waals surface area contributed by atoms with Gasteiger partial charge in [-0.25, -0.2) is 9.78 Å². The van der Waals surface area contributed by atoms with Gasteiger partial charge >= 0.3 is 5.69 Å². The summed E-state index contributed by atoms with van der Waals surface area (Å²) in [6, 6.07) is 10.6. The fourth-order valence-electron chi connectivity index (χ4n) is 3.75. The zero-order valence-corrected chi connectivity index (χ0v) is 16.7. The Morgan fingerprint density at radius 3 is 2.87 bits per heavy atom. The zero-order valence-electron chi connectivity index (χ0n) is 16.7. The second-order valence-corrected chi connectivity index (χ2v) is 7.90. The minimum absolute atomic E-state index is 0.227. The summed E-state index contributed by atoms with van der Waals surface area (Å²) in [5.74, 6) is 0.504. The highest BCUT2D eigenvalue weighted by molar-refractivity contribution is 5.82. The smallest absolute Gasteiger partial charge is 0.326 e. The Hall–Kier alpha value is -4.14. The second-order valence-electron chi connectivity index (χ2n) is 7.90. The summed E-state index contributed by atoms with van der Waals surface area (Å²) >= 11 is 0. The fourth-order valence-corrected chi connectivity index (χ4v) is 3.75. The van der Waals surface area contributed by atoms with Crippen molar-refractivity contribution < 1.29 is 5.11 Å². The molecule has 0 bridgehead atoms. The SMILES string of the molecule is Cc1ccc2ccn(-c3cc(=NC4CC4)n4ncc(=Cc5[nH]c(=O)[nH]c5O)c4n3)c2c1. The van der Waals surface area contributed by atoms with Crippen molar-refractivity contribution >= 4 is 22.6 Å². The van der Waals surface area contributed by atoms with Gasteiger partial charge < -0.3 is 14.7 Å². The Labute approximate surface area is 175 Å². The molecule has 31 heavy (non-hydrogen) atoms. The van der Waals surface area contributed by atoms with Gasteiger partial charge in [-0.05, 0) is 43.5 Å². The van der Waals surface area contributed by atoms with Crippen LogP contribution in [-0.4, -0.2) is 40.3 Å². The van der Waals surface area contributed by atoms with Gasteiger partial charge in [0.25, 0.3) is 0 Å². The maximum absolute atomic E-state index is 11.5. The first-order chi connectivity index (χ1) is 15.0. The van der Waals surface area contributed by atoms with Gasteiger partial charge in [0.2, 0.25) is 5.88 Å². The number of nitrogens with one attached hydrogen (secondary N) is 2. The van der Waals surface area contributed by atoms with E-state index in [1.165, 1.54) is 5.56 Å². The number of rotatable bonds is 3. The number of hydrogen-bond donors (Lipinski definition) is 3. The molecule has 0 saturated heterocycles. The van der Waals surface area contributed by atoms with Crippen molar-refractivity contribution in [1.82, 2.24) is 29.1 Å². The Kier molecular flexibility index (Phi) is 3.67. The maximum atomic E-state index is 11.5. The predicted molar refractivity (Wildman–Crippen MR) is 115 cm³/mol. The average Bonchev–Trinajstić information content (AvgIpc) is 3.17. The van der Waals surface area contributed by atoms with Crippen molar-refractivity contribution in [3.05, 3.63) is 75.2 Å². The molecule has 4 aromatic heterocycles. The molecular weight excluding hydrogens is 394 g/mol. The molecule has 9 heteroatoms. The van der Waals surface area contributed by atoms with E-state index in [0.29, 0.717) is 16.9 Å². The molecule has 154 valence electrons. The first-order valence-corrected chi connectivity index (χ1v) is 10.1. The molecule has 4 heterocycles. The van der Waals surface area contributed by atoms with Crippen LogP contribution in [0.25, 0.3) is 28.4 Å². The van der Waals surface area contributed by atoms with E-state index in [0.717, 1.165) is 35.1 Å². The minimum Gasteiger partial charge on any atom is -0.493 e. The summed E-state index contributed by atoms with van der Waals surface area (Å²) < 4.78 is 3.74. The third kappa shape index (κ3) is 3.02. The van der Waals surface area contributed by atoms with Crippen molar-refractivity contribution in [2.45, 2.75) is 25.8 Å². The Balaban J connectivity index is 1.65. The first-order valence-electron chi connectivity index (χ1n) is 10.1. The highest BCUT2D eigenvalue weighted by Crippen LogP contribution is 2.23. The second kappa shape index (κ2) is 6.43. The minimum atomic E-state index is -0.479. The number of hydrogen-bond acceptors (Lipinski definition) is 5. The van der Waals surface area contributed by atoms with Crippen molar-refractivity contribution in [3.8, 4) is 11.7 Å². The Morgan fingerprint density at radius 1 is 1.23 bits per heavy atom. The lowest BCUT2D eigenvalue weighted by atomic mass is 10.2. The van der Waals surface area contributed by atoms with E-state index >= 15 is 0 Å². The van der Waals surface area contributed by atoms with Crippen LogP contribution in [-0.2, 0) is 0 Å². The number of aromatic nitrogens is 6. The van der Waals surface area contributed by atoms with E-state index in [9.17, 15) is 9.90 Å². The summed E-state index contributed by atoms with van der Waals surface area (Å²) in [4.78, 5) is 26.1. The molecule has 1 aliphatic rings. The van der Waals surface area contributed by atoms with E-state index in [-0.39, 0.29) is 11.6 Å². The standard InChI is InChI=1S/C22H19N7O2/c1-12-2-3-13-6-7-28(17(13)8-12)18-10-19(24-15-4-5-15)29-20(26-18)14(11-23-29)9-16-21(30)27-22(31)25-16/h2-3,6-11,15,30H,4-5H2,1H3,(H2,25,27,31). The average molecular weight is 413 g/mol. The summed E-state index contributed by atoms with van der Waals surface area (Å²) in [5, 5.41) is 16.2. The molecule has 0 aliphatic heterocycles. The van der Waals surface area contributed by atoms with Crippen LogP contribution in [0, 0.1) is 6.92 Å². The molecule has 0 spiro atoms. The molecule has 1 saturated carbocycles. The van der Waals surface area contributed by atoms with E-state index in [4.69, 9.17) is 9.98 Å². The van der Waals surface area contributed by atoms with Crippen molar-refractivity contribution in [3.63, 3.8) is 0 Å². The molecule has 6 rings (SSSR count). The number of fused-ring (bicyclic) bond motifs is 2. The van der Waals surface area contributed by atoms with Crippen LogP contribution in [0.1, 0.15) is 24.1 Å². The molecule has 0 unspecified atom stereocenters. The predicted octanol–water partition coefficient (Wildman–Crippen LogP) is 1.31. The molecule has 1 aliphatic carbocycles. The van der Waals surface area contributed by atoms with Gasteiger partial charge in [-0.3, -0.25) is 9.98 Å². The highest BCUT2D eigenvalue weighted by atomic mass is 16.3. The molecule has 0 radical (unpaired) electrons. The topological polar surface area (TPSA) is 116 Å². The number of aryl methyl sites for hydroxylation is 1. The summed E-state index contributed by atoms with van der Waals surface area (Å²) in [6.45, 7) is 2.06. The van der Waals surface area contributed by atoms with Crippen LogP contribution in [0.5, 0.6) is 5.88 Å². The van der Waals surface area contributed by atoms with E-state index in [1.807, 2.05) is 16.8 Å². The van der Waals surface area contributed by atoms with Crippen LogP contribution < -0.4 is 16.4 Å². The number of aromatic hydroxyl groups is 1. The largest absolute Gasteiger partial charge is 0.493 e. The lowest BCUT2D eigenvalue weighted by Crippen LogP contribution is -2.20. The quantitative estimate of drug-likeness (QED) is 0.414. The summed E-state index contributed by atoms with van der Waals surface area (Å²) in [6.07, 6.45) is 7.44. The molecular formula is C22H19N7O2. The van der Waals surface area contributed by atoms with E-state index in [2.05, 4.69) is 46.3 Å². The monoisotopic (exact) mass is 413 g/mol. The van der Waals surface area contributed by atoms with E-state index in [1.54, 1.807) is 16.8 Å². The van der Waals surface area contributed by atoms with Gasteiger partial charge in [-0.15, -0.1) is 0 Å². The van der Waals surface area contributed by atoms with Crippen LogP contribution >= 0.6 is 0 Å². The van der Waals surface area contributed by atoms with Crippen molar-refractivity contribution in [1.29, 1.82) is 0 Å². The molecule has 1 fully saturated rings. The normalized spacial score (nSPS) is 15.5. The van der Waals surface area contributed by atoms with Crippen LogP contribution in [0.4, 0.5) is 0 Å². The maximum Gasteiger partial charge on any atom is 0.326 e. The van der Waals surface area contributed by atoms with Crippen LogP contribution in [0.15, 0.2) is 52.5 Å². The number of nitrogens with zero attached hydrogens (tertiary/aromatic N) is 5. The van der Waals surface area contributed by atoms with E-state index < -0.39 is 5.69 Å². The fraction of sp³-hybridized carbons (Fsp3) is 0.182. The van der Waals surface area contributed by atoms with Crippen LogP contribution in [0.2, 0.25) is 0 Å². The lowest BCUT2D eigenvalue weighted by Gasteiger charge is -2.06. The van der Waals surface area contributed by atoms with Gasteiger partial charge in [0.15, 0.2) is 11.1 Å². The van der Waals surface area contributed by atoms with Gasteiger partial charge in [0.05, 0.1) is 17.8 Å². The third-order valence-corrected chi connectivity index (χ3v) is 5.46. The third-order valence-electron chi connectivity index (χ3n) is 5.46. The van der Waals surface area contributed by atoms with Gasteiger partial charge in [0.1, 0.15) is 11.5 Å². The molecule has 5 aromatic rings. The molecule has 0 amide bonds. The molecule has 0 atom stereocenters. The molecule has 1 aromatic carbocycles. The number of benzene rings is 1. The van der Waals surface area contributed by atoms with Crippen molar-refractivity contribution in [2.75, 3.05) is 0 Å².